The van der Waals surface area contributed by atoms with E-state index in [4.69, 9.17) is 0 Å². The summed E-state index contributed by atoms with van der Waals surface area (Å²) in [5, 5.41) is 0. The molecular formula is C10F18O3. The molecule has 0 saturated carbocycles. The van der Waals surface area contributed by atoms with Crippen molar-refractivity contribution >= 4 is 0 Å². The van der Waals surface area contributed by atoms with Gasteiger partial charge in [-0.25, -0.2) is 4.74 Å². The number of rotatable bonds is 6. The minimum Gasteiger partial charge on any atom is -0.397 e. The first kappa shape index (κ1) is 28.8. The van der Waals surface area contributed by atoms with Crippen LogP contribution >= 0.6 is 0 Å². The van der Waals surface area contributed by atoms with E-state index in [1.54, 1.807) is 4.74 Å². The molecule has 0 fully saturated rings. The van der Waals surface area contributed by atoms with Crippen molar-refractivity contribution in [2.24, 2.45) is 0 Å². The summed E-state index contributed by atoms with van der Waals surface area (Å²) in [6.07, 6.45) is -41.0. The quantitative estimate of drug-likeness (QED) is 0.293. The highest BCUT2D eigenvalue weighted by atomic mass is 19.4. The third-order valence-corrected chi connectivity index (χ3v) is 2.12. The van der Waals surface area contributed by atoms with Gasteiger partial charge in [0, 0.05) is 0 Å². The first-order chi connectivity index (χ1) is 13.2. The maximum Gasteiger partial charge on any atom is 0.573 e. The molecule has 31 heavy (non-hydrogen) atoms. The molecule has 0 aromatic rings. The zero-order chi connectivity index (χ0) is 25.4. The molecule has 0 radical (unpaired) electrons. The summed E-state index contributed by atoms with van der Waals surface area (Å²) in [6, 6.07) is 0. The molecule has 0 aromatic heterocycles. The van der Waals surface area contributed by atoms with Crippen LogP contribution in [0.5, 0.6) is 0 Å². The van der Waals surface area contributed by atoms with Gasteiger partial charge in [0.25, 0.3) is 11.5 Å². The van der Waals surface area contributed by atoms with Crippen LogP contribution in [0.25, 0.3) is 0 Å². The van der Waals surface area contributed by atoms with E-state index in [0.29, 0.717) is 0 Å². The van der Waals surface area contributed by atoms with Crippen LogP contribution in [0, 0.1) is 0 Å². The molecule has 184 valence electrons. The van der Waals surface area contributed by atoms with Crippen molar-refractivity contribution in [3.63, 3.8) is 0 Å². The first-order valence-corrected chi connectivity index (χ1v) is 6.13. The molecule has 0 unspecified atom stereocenters. The van der Waals surface area contributed by atoms with Gasteiger partial charge < -0.3 is 9.47 Å². The van der Waals surface area contributed by atoms with Gasteiger partial charge in [-0.15, -0.1) is 26.3 Å². The van der Waals surface area contributed by atoms with Crippen LogP contribution < -0.4 is 0 Å². The summed E-state index contributed by atoms with van der Waals surface area (Å²) in [6.45, 7) is 0. The smallest absolute Gasteiger partial charge is 0.397 e. The molecule has 21 heteroatoms. The number of ether oxygens (including phenoxy) is 3. The van der Waals surface area contributed by atoms with Crippen LogP contribution in [0.4, 0.5) is 79.0 Å². The molecule has 0 aromatic carbocycles. The van der Waals surface area contributed by atoms with Crippen molar-refractivity contribution in [3.05, 3.63) is 23.2 Å². The van der Waals surface area contributed by atoms with Crippen molar-refractivity contribution in [2.75, 3.05) is 0 Å². The largest absolute Gasteiger partial charge is 0.573 e. The van der Waals surface area contributed by atoms with E-state index in [1.807, 2.05) is 9.47 Å². The van der Waals surface area contributed by atoms with Crippen LogP contribution in [-0.4, -0.2) is 37.3 Å². The van der Waals surface area contributed by atoms with Crippen molar-refractivity contribution in [2.45, 2.75) is 37.3 Å². The molecular weight excluding hydrogens is 510 g/mol. The number of allylic oxidation sites excluding steroid dienone is 2. The van der Waals surface area contributed by atoms with Gasteiger partial charge in [-0.3, -0.25) is 0 Å². The summed E-state index contributed by atoms with van der Waals surface area (Å²) in [5.41, 5.74) is 0. The Morgan fingerprint density at radius 1 is 0.419 bits per heavy atom. The lowest BCUT2D eigenvalue weighted by molar-refractivity contribution is -0.366. The highest BCUT2D eigenvalue weighted by Crippen LogP contribution is 2.46. The molecule has 0 saturated heterocycles. The Balaban J connectivity index is 6.47. The van der Waals surface area contributed by atoms with E-state index in [2.05, 4.69) is 0 Å². The van der Waals surface area contributed by atoms with Crippen molar-refractivity contribution < 1.29 is 93.2 Å². The minimum absolute atomic E-state index is 1.70. The second-order valence-electron chi connectivity index (χ2n) is 4.51. The first-order valence-electron chi connectivity index (χ1n) is 6.13. The lowest BCUT2D eigenvalue weighted by Gasteiger charge is -2.25. The molecule has 0 spiro atoms. The topological polar surface area (TPSA) is 27.7 Å². The second kappa shape index (κ2) is 8.37. The van der Waals surface area contributed by atoms with Crippen molar-refractivity contribution in [1.29, 1.82) is 0 Å². The molecule has 0 rings (SSSR count). The van der Waals surface area contributed by atoms with Gasteiger partial charge in [0.2, 0.25) is 11.7 Å². The maximum atomic E-state index is 13.1. The van der Waals surface area contributed by atoms with Gasteiger partial charge in [-0.05, 0) is 0 Å². The molecule has 0 heterocycles. The Kier molecular flexibility index (Phi) is 7.77. The summed E-state index contributed by atoms with van der Waals surface area (Å²) >= 11 is 0. The maximum absolute atomic E-state index is 13.1. The van der Waals surface area contributed by atoms with Gasteiger partial charge in [0.15, 0.2) is 0 Å². The lowest BCUT2D eigenvalue weighted by atomic mass is 10.3. The number of hydrogen-bond donors (Lipinski definition) is 0. The van der Waals surface area contributed by atoms with Gasteiger partial charge in [-0.1, -0.05) is 0 Å². The van der Waals surface area contributed by atoms with E-state index in [1.165, 1.54) is 0 Å². The average molecular weight is 510 g/mol. The van der Waals surface area contributed by atoms with Crippen LogP contribution in [0.2, 0.25) is 0 Å². The van der Waals surface area contributed by atoms with Crippen LogP contribution in [0.15, 0.2) is 23.2 Å². The van der Waals surface area contributed by atoms with Crippen LogP contribution in [0.3, 0.4) is 0 Å². The average Bonchev–Trinajstić information content (AvgIpc) is 2.43. The molecule has 0 aliphatic rings. The minimum atomic E-state index is -7.05. The Morgan fingerprint density at radius 3 is 0.806 bits per heavy atom. The number of halogens is 18. The molecule has 0 aliphatic heterocycles. The van der Waals surface area contributed by atoms with E-state index in [0.717, 1.165) is 0 Å². The fourth-order valence-corrected chi connectivity index (χ4v) is 1.20. The predicted octanol–water partition coefficient (Wildman–Crippen LogP) is 6.75. The molecule has 3 nitrogen and oxygen atoms in total. The van der Waals surface area contributed by atoms with Gasteiger partial charge in [-0.2, -0.15) is 52.7 Å². The Hall–Kier alpha value is -2.22. The Labute approximate surface area is 155 Å². The number of hydrogen-bond acceptors (Lipinski definition) is 3. The fourth-order valence-electron chi connectivity index (χ4n) is 1.20. The van der Waals surface area contributed by atoms with Gasteiger partial charge in [0.1, 0.15) is 0 Å². The van der Waals surface area contributed by atoms with Crippen LogP contribution in [0.1, 0.15) is 0 Å². The molecule has 0 amide bonds. The normalized spacial score (nSPS) is 16.6. The third kappa shape index (κ3) is 8.81. The predicted molar refractivity (Wildman–Crippen MR) is 53.6 cm³/mol. The zero-order valence-corrected chi connectivity index (χ0v) is 13.0. The summed E-state index contributed by atoms with van der Waals surface area (Å²) < 4.78 is 228. The van der Waals surface area contributed by atoms with E-state index < -0.39 is 60.5 Å². The van der Waals surface area contributed by atoms with E-state index >= 15 is 0 Å². The summed E-state index contributed by atoms with van der Waals surface area (Å²) in [7, 11) is 0. The SMILES string of the molecule is FC(=C(OC(F)(F)F)C(F)(F)F)C(F)(F)OC(F)(F)C(F)=C(OC(F)(F)F)C(F)(F)F. The Morgan fingerprint density at radius 2 is 0.645 bits per heavy atom. The third-order valence-electron chi connectivity index (χ3n) is 2.12. The molecule has 0 N–H and O–H groups in total. The van der Waals surface area contributed by atoms with E-state index in [9.17, 15) is 79.0 Å². The highest BCUT2D eigenvalue weighted by Gasteiger charge is 2.60. The molecule has 0 bridgehead atoms. The van der Waals surface area contributed by atoms with Crippen molar-refractivity contribution in [1.82, 2.24) is 0 Å². The van der Waals surface area contributed by atoms with Gasteiger partial charge in [0.05, 0.1) is 0 Å². The summed E-state index contributed by atoms with van der Waals surface area (Å²) in [5.74, 6) is -18.2. The van der Waals surface area contributed by atoms with Crippen LogP contribution in [-0.2, 0) is 14.2 Å². The molecule has 0 aliphatic carbocycles. The monoisotopic (exact) mass is 510 g/mol. The highest BCUT2D eigenvalue weighted by molar-refractivity contribution is 5.15. The van der Waals surface area contributed by atoms with Crippen molar-refractivity contribution in [3.8, 4) is 0 Å². The zero-order valence-electron chi connectivity index (χ0n) is 13.0. The number of alkyl halides is 16. The second-order valence-corrected chi connectivity index (χ2v) is 4.51. The van der Waals surface area contributed by atoms with E-state index in [-0.39, 0.29) is 0 Å². The fraction of sp³-hybridized carbons (Fsp3) is 0.600. The molecule has 0 atom stereocenters. The summed E-state index contributed by atoms with van der Waals surface area (Å²) in [4.78, 5) is 0. The van der Waals surface area contributed by atoms with Gasteiger partial charge >= 0.3 is 37.3 Å². The lowest BCUT2D eigenvalue weighted by Crippen LogP contribution is -2.38. The standard InChI is InChI=1S/C10F18O3/c11-1(3(5(13,14)15)29-9(23,24)25)7(19,20)31-8(21,22)2(12)4(6(16,17)18)30-10(26,27)28. The Bertz CT molecular complexity index is 642.